The summed E-state index contributed by atoms with van der Waals surface area (Å²) in [6, 6.07) is 7.14. The van der Waals surface area contributed by atoms with E-state index in [0.29, 0.717) is 17.5 Å². The Morgan fingerprint density at radius 2 is 1.92 bits per heavy atom. The number of benzene rings is 1. The Morgan fingerprint density at radius 3 is 2.52 bits per heavy atom. The number of pyridine rings is 1. The number of nitrogens with zero attached hydrogens (tertiary/aromatic N) is 2. The molecule has 0 aliphatic carbocycles. The second-order valence-electron chi connectivity index (χ2n) is 6.82. The van der Waals surface area contributed by atoms with E-state index in [9.17, 15) is 13.6 Å². The summed E-state index contributed by atoms with van der Waals surface area (Å²) in [6.45, 7) is 3.89. The molecule has 3 rings (SSSR count). The molecule has 1 amide bonds. The van der Waals surface area contributed by atoms with E-state index in [1.54, 1.807) is 24.1 Å². The van der Waals surface area contributed by atoms with Crippen LogP contribution in [0, 0.1) is 23.5 Å². The topological polar surface area (TPSA) is 33.2 Å². The Balaban J connectivity index is 1.87. The first-order valence-corrected chi connectivity index (χ1v) is 7.98. The summed E-state index contributed by atoms with van der Waals surface area (Å²) in [5.74, 6) is 3.91. The first kappa shape index (κ1) is 17.1. The molecule has 1 aliphatic heterocycles. The van der Waals surface area contributed by atoms with Gasteiger partial charge in [0.1, 0.15) is 11.6 Å². The molecule has 2 aromatic rings. The molecule has 25 heavy (non-hydrogen) atoms. The quantitative estimate of drug-likeness (QED) is 0.745. The Hall–Kier alpha value is -2.74. The first-order valence-electron chi connectivity index (χ1n) is 7.98. The predicted octanol–water partition coefficient (Wildman–Crippen LogP) is 3.48. The Morgan fingerprint density at radius 1 is 1.20 bits per heavy atom. The second kappa shape index (κ2) is 6.29. The molecule has 0 spiro atoms. The Bertz CT molecular complexity index is 896. The van der Waals surface area contributed by atoms with Gasteiger partial charge < -0.3 is 4.90 Å². The van der Waals surface area contributed by atoms with Gasteiger partial charge in [0.2, 0.25) is 5.91 Å². The molecular weight excluding hydrogens is 322 g/mol. The highest BCUT2D eigenvalue weighted by Crippen LogP contribution is 2.38. The van der Waals surface area contributed by atoms with Crippen LogP contribution in [0.2, 0.25) is 0 Å². The zero-order valence-electron chi connectivity index (χ0n) is 14.3. The highest BCUT2D eigenvalue weighted by atomic mass is 19.1. The third-order valence-electron chi connectivity index (χ3n) is 4.62. The van der Waals surface area contributed by atoms with Crippen molar-refractivity contribution in [2.75, 3.05) is 7.05 Å². The molecule has 0 bridgehead atoms. The van der Waals surface area contributed by atoms with Gasteiger partial charge in [-0.15, -0.1) is 0 Å². The van der Waals surface area contributed by atoms with Gasteiger partial charge in [0, 0.05) is 29.9 Å². The van der Waals surface area contributed by atoms with Gasteiger partial charge in [-0.25, -0.2) is 8.78 Å². The van der Waals surface area contributed by atoms with Crippen LogP contribution >= 0.6 is 0 Å². The summed E-state index contributed by atoms with van der Waals surface area (Å²) < 4.78 is 27.6. The van der Waals surface area contributed by atoms with Gasteiger partial charge in [0.25, 0.3) is 0 Å². The van der Waals surface area contributed by atoms with Gasteiger partial charge >= 0.3 is 0 Å². The van der Waals surface area contributed by atoms with Crippen LogP contribution in [0.15, 0.2) is 36.5 Å². The van der Waals surface area contributed by atoms with Crippen molar-refractivity contribution in [1.82, 2.24) is 9.88 Å². The molecule has 1 aliphatic rings. The van der Waals surface area contributed by atoms with Crippen LogP contribution in [0.1, 0.15) is 43.0 Å². The second-order valence-corrected chi connectivity index (χ2v) is 6.82. The normalized spacial score (nSPS) is 18.8. The molecule has 1 saturated heterocycles. The first-order chi connectivity index (χ1) is 11.8. The van der Waals surface area contributed by atoms with Crippen molar-refractivity contribution in [1.29, 1.82) is 0 Å². The average Bonchev–Trinajstić information content (AvgIpc) is 2.76. The summed E-state index contributed by atoms with van der Waals surface area (Å²) in [7, 11) is 1.72. The van der Waals surface area contributed by atoms with E-state index >= 15 is 0 Å². The van der Waals surface area contributed by atoms with Crippen LogP contribution < -0.4 is 0 Å². The smallest absolute Gasteiger partial charge is 0.232 e. The Labute approximate surface area is 145 Å². The van der Waals surface area contributed by atoms with Gasteiger partial charge in [0.15, 0.2) is 0 Å². The number of likely N-dealkylation sites (N-methyl/N-ethyl adjacent to an activating group) is 1. The number of likely N-dealkylation sites (tertiary alicyclic amines) is 1. The van der Waals surface area contributed by atoms with Crippen molar-refractivity contribution in [3.8, 4) is 11.8 Å². The lowest BCUT2D eigenvalue weighted by Crippen LogP contribution is -2.37. The van der Waals surface area contributed by atoms with Crippen LogP contribution in [0.25, 0.3) is 0 Å². The molecule has 1 fully saturated rings. The lowest BCUT2D eigenvalue weighted by atomic mass is 9.93. The molecule has 1 atom stereocenters. The molecule has 1 aromatic carbocycles. The lowest BCUT2D eigenvalue weighted by Gasteiger charge is -2.26. The third-order valence-corrected chi connectivity index (χ3v) is 4.62. The van der Waals surface area contributed by atoms with E-state index in [0.717, 1.165) is 0 Å². The summed E-state index contributed by atoms with van der Waals surface area (Å²) in [5.41, 5.74) is 0.701. The summed E-state index contributed by atoms with van der Waals surface area (Å²) in [4.78, 5) is 18.1. The molecule has 5 heteroatoms. The number of halogens is 2. The van der Waals surface area contributed by atoms with Gasteiger partial charge in [-0.1, -0.05) is 17.9 Å². The summed E-state index contributed by atoms with van der Waals surface area (Å²) >= 11 is 0. The van der Waals surface area contributed by atoms with Crippen molar-refractivity contribution >= 4 is 5.91 Å². The maximum absolute atomic E-state index is 14.5. The molecule has 0 N–H and O–H groups in total. The standard InChI is InChI=1S/C20H18F2N2O/c1-20(2)11-16(19(25)24(20)3)18-17(22)10-14(12-23-18)8-7-13-5-4-6-15(21)9-13/h4-6,9-10,12,16H,11H2,1-3H3. The summed E-state index contributed by atoms with van der Waals surface area (Å²) in [5, 5.41) is 0. The fraction of sp³-hybridized carbons (Fsp3) is 0.300. The van der Waals surface area contributed by atoms with Crippen LogP contribution in [0.5, 0.6) is 0 Å². The number of carbonyl (C=O) groups excluding carboxylic acids is 1. The number of aromatic nitrogens is 1. The van der Waals surface area contributed by atoms with E-state index in [2.05, 4.69) is 16.8 Å². The van der Waals surface area contributed by atoms with Crippen molar-refractivity contribution in [3.63, 3.8) is 0 Å². The molecule has 3 nitrogen and oxygen atoms in total. The number of carbonyl (C=O) groups is 1. The highest BCUT2D eigenvalue weighted by molar-refractivity contribution is 5.86. The zero-order valence-corrected chi connectivity index (χ0v) is 14.3. The van der Waals surface area contributed by atoms with E-state index in [1.165, 1.54) is 24.4 Å². The monoisotopic (exact) mass is 340 g/mol. The maximum atomic E-state index is 14.5. The van der Waals surface area contributed by atoms with Crippen molar-refractivity contribution in [3.05, 3.63) is 65.0 Å². The average molecular weight is 340 g/mol. The van der Waals surface area contributed by atoms with Crippen molar-refractivity contribution in [2.24, 2.45) is 0 Å². The van der Waals surface area contributed by atoms with Gasteiger partial charge in [0.05, 0.1) is 11.6 Å². The van der Waals surface area contributed by atoms with E-state index in [1.807, 2.05) is 13.8 Å². The molecule has 0 radical (unpaired) electrons. The van der Waals surface area contributed by atoms with E-state index < -0.39 is 11.7 Å². The number of rotatable bonds is 1. The van der Waals surface area contributed by atoms with Crippen LogP contribution in [-0.4, -0.2) is 28.4 Å². The maximum Gasteiger partial charge on any atom is 0.232 e. The largest absolute Gasteiger partial charge is 0.340 e. The summed E-state index contributed by atoms with van der Waals surface area (Å²) in [6.07, 6.45) is 1.96. The molecule has 128 valence electrons. The SMILES string of the molecule is CN1C(=O)C(c2ncc(C#Cc3cccc(F)c3)cc2F)CC1(C)C. The number of hydrogen-bond donors (Lipinski definition) is 0. The van der Waals surface area contributed by atoms with Gasteiger partial charge in [-0.05, 0) is 44.5 Å². The fourth-order valence-corrected chi connectivity index (χ4v) is 2.95. The van der Waals surface area contributed by atoms with Crippen LogP contribution in [-0.2, 0) is 4.79 Å². The number of amides is 1. The van der Waals surface area contributed by atoms with E-state index in [4.69, 9.17) is 0 Å². The Kier molecular flexibility index (Phi) is 4.30. The molecular formula is C20H18F2N2O. The number of hydrogen-bond acceptors (Lipinski definition) is 2. The highest BCUT2D eigenvalue weighted by Gasteiger charge is 2.44. The molecule has 1 unspecified atom stereocenters. The predicted molar refractivity (Wildman–Crippen MR) is 90.8 cm³/mol. The van der Waals surface area contributed by atoms with Crippen molar-refractivity contribution < 1.29 is 13.6 Å². The zero-order chi connectivity index (χ0) is 18.2. The van der Waals surface area contributed by atoms with Crippen molar-refractivity contribution in [2.45, 2.75) is 31.7 Å². The van der Waals surface area contributed by atoms with E-state index in [-0.39, 0.29) is 23.0 Å². The minimum atomic E-state index is -0.578. The van der Waals surface area contributed by atoms with Gasteiger partial charge in [-0.2, -0.15) is 0 Å². The fourth-order valence-electron chi connectivity index (χ4n) is 2.95. The molecule has 1 aromatic heterocycles. The molecule has 2 heterocycles. The van der Waals surface area contributed by atoms with Gasteiger partial charge in [-0.3, -0.25) is 9.78 Å². The third kappa shape index (κ3) is 3.39. The minimum absolute atomic E-state index is 0.130. The van der Waals surface area contributed by atoms with Crippen LogP contribution in [0.4, 0.5) is 8.78 Å². The minimum Gasteiger partial charge on any atom is -0.340 e. The molecule has 0 saturated carbocycles. The van der Waals surface area contributed by atoms with Crippen LogP contribution in [0.3, 0.4) is 0 Å². The lowest BCUT2D eigenvalue weighted by molar-refractivity contribution is -0.130.